The van der Waals surface area contributed by atoms with Gasteiger partial charge >= 0.3 is 5.97 Å². The highest BCUT2D eigenvalue weighted by Crippen LogP contribution is 2.51. The number of benzene rings is 1. The lowest BCUT2D eigenvalue weighted by Crippen LogP contribution is -2.76. The Morgan fingerprint density at radius 3 is 2.75 bits per heavy atom. The van der Waals surface area contributed by atoms with Gasteiger partial charge in [0, 0.05) is 28.7 Å². The lowest BCUT2D eigenvalue weighted by molar-refractivity contribution is -0.190. The van der Waals surface area contributed by atoms with E-state index in [1.807, 2.05) is 38.3 Å². The minimum atomic E-state index is -1.31. The highest BCUT2D eigenvalue weighted by atomic mass is 32.1. The van der Waals surface area contributed by atoms with Crippen LogP contribution in [0.25, 0.3) is 10.1 Å². The van der Waals surface area contributed by atoms with Crippen molar-refractivity contribution in [2.75, 3.05) is 6.61 Å². The van der Waals surface area contributed by atoms with Crippen LogP contribution in [0.4, 0.5) is 0 Å². The molecule has 0 radical (unpaired) electrons. The molecule has 2 aromatic rings. The number of nitrogens with one attached hydrogen (secondary N) is 1. The molecule has 0 saturated heterocycles. The van der Waals surface area contributed by atoms with Crippen molar-refractivity contribution in [1.82, 2.24) is 5.32 Å². The third-order valence-corrected chi connectivity index (χ3v) is 6.07. The van der Waals surface area contributed by atoms with Gasteiger partial charge in [-0.25, -0.2) is 4.79 Å². The van der Waals surface area contributed by atoms with Gasteiger partial charge in [-0.05, 0) is 42.0 Å². The second-order valence-electron chi connectivity index (χ2n) is 6.71. The average molecular weight is 347 g/mol. The molecule has 1 heterocycles. The van der Waals surface area contributed by atoms with Crippen molar-refractivity contribution in [2.45, 2.75) is 38.8 Å². The van der Waals surface area contributed by atoms with Gasteiger partial charge in [0.25, 0.3) is 5.91 Å². The molecule has 0 unspecified atom stereocenters. The number of aliphatic carboxylic acids is 1. The van der Waals surface area contributed by atoms with Crippen LogP contribution in [0.5, 0.6) is 0 Å². The van der Waals surface area contributed by atoms with Gasteiger partial charge in [0.15, 0.2) is 0 Å². The smallest absolute Gasteiger partial charge is 0.330 e. The number of carbonyl (C=O) groups is 2. The number of carboxylic acid groups (broad SMARTS) is 1. The van der Waals surface area contributed by atoms with E-state index in [1.165, 1.54) is 0 Å². The molecule has 0 aliphatic heterocycles. The Hall–Kier alpha value is -1.92. The fourth-order valence-electron chi connectivity index (χ4n) is 3.41. The topological polar surface area (TPSA) is 75.6 Å². The maximum absolute atomic E-state index is 12.7. The molecule has 128 valence electrons. The van der Waals surface area contributed by atoms with Crippen molar-refractivity contribution in [3.05, 3.63) is 35.2 Å². The molecule has 2 N–H and O–H groups in total. The summed E-state index contributed by atoms with van der Waals surface area (Å²) >= 11 is 1.60. The van der Waals surface area contributed by atoms with Crippen LogP contribution in [0.1, 0.15) is 37.6 Å². The maximum Gasteiger partial charge on any atom is 0.330 e. The highest BCUT2D eigenvalue weighted by molar-refractivity contribution is 7.17. The number of amides is 1. The number of hydrogen-bond donors (Lipinski definition) is 2. The predicted molar refractivity (Wildman–Crippen MR) is 93.5 cm³/mol. The van der Waals surface area contributed by atoms with E-state index in [9.17, 15) is 14.7 Å². The van der Waals surface area contributed by atoms with E-state index in [0.29, 0.717) is 12.2 Å². The maximum atomic E-state index is 12.7. The lowest BCUT2D eigenvalue weighted by Gasteiger charge is -2.58. The second kappa shape index (κ2) is 5.86. The minimum absolute atomic E-state index is 0.182. The molecule has 2 atom stereocenters. The largest absolute Gasteiger partial charge is 0.479 e. The fraction of sp³-hybridized carbons (Fsp3) is 0.444. The zero-order valence-electron chi connectivity index (χ0n) is 14.0. The number of fused-ring (bicyclic) bond motifs is 1. The van der Waals surface area contributed by atoms with Gasteiger partial charge in [-0.2, -0.15) is 0 Å². The first-order valence-corrected chi connectivity index (χ1v) is 8.84. The Kier molecular flexibility index (Phi) is 4.13. The zero-order valence-corrected chi connectivity index (χ0v) is 14.8. The molecule has 3 rings (SSSR count). The number of thiophene rings is 1. The van der Waals surface area contributed by atoms with Crippen LogP contribution in [-0.2, 0) is 9.53 Å². The monoisotopic (exact) mass is 347 g/mol. The summed E-state index contributed by atoms with van der Waals surface area (Å²) in [4.78, 5) is 24.6. The van der Waals surface area contributed by atoms with Crippen LogP contribution < -0.4 is 5.32 Å². The molecule has 1 aromatic carbocycles. The summed E-state index contributed by atoms with van der Waals surface area (Å²) in [7, 11) is 0. The van der Waals surface area contributed by atoms with E-state index in [-0.39, 0.29) is 18.4 Å². The molecular formula is C18H21NO4S. The molecule has 5 nitrogen and oxygen atoms in total. The molecule has 6 heteroatoms. The van der Waals surface area contributed by atoms with Crippen LogP contribution in [0.2, 0.25) is 0 Å². The predicted octanol–water partition coefficient (Wildman–Crippen LogP) is 3.29. The SMILES string of the molecule is CCO[C@@H]1C[C@](NC(=O)c2ccc3sccc3c2)(C(=O)O)C1(C)C. The minimum Gasteiger partial charge on any atom is -0.479 e. The summed E-state index contributed by atoms with van der Waals surface area (Å²) in [6, 6.07) is 7.36. The summed E-state index contributed by atoms with van der Waals surface area (Å²) in [5.41, 5.74) is -1.53. The fourth-order valence-corrected chi connectivity index (χ4v) is 4.18. The van der Waals surface area contributed by atoms with Crippen molar-refractivity contribution in [3.63, 3.8) is 0 Å². The van der Waals surface area contributed by atoms with Gasteiger partial charge in [-0.15, -0.1) is 11.3 Å². The van der Waals surface area contributed by atoms with Crippen LogP contribution in [-0.4, -0.2) is 35.2 Å². The molecule has 0 spiro atoms. The van der Waals surface area contributed by atoms with Crippen molar-refractivity contribution in [3.8, 4) is 0 Å². The van der Waals surface area contributed by atoms with Gasteiger partial charge in [0.05, 0.1) is 6.10 Å². The summed E-state index contributed by atoms with van der Waals surface area (Å²) in [6.45, 7) is 6.05. The van der Waals surface area contributed by atoms with E-state index in [0.717, 1.165) is 10.1 Å². The lowest BCUT2D eigenvalue weighted by atomic mass is 9.54. The van der Waals surface area contributed by atoms with Crippen molar-refractivity contribution >= 4 is 33.3 Å². The third kappa shape index (κ3) is 2.41. The van der Waals surface area contributed by atoms with Gasteiger partial charge in [-0.1, -0.05) is 13.8 Å². The number of hydrogen-bond acceptors (Lipinski definition) is 4. The molecule has 1 amide bonds. The highest BCUT2D eigenvalue weighted by Gasteiger charge is 2.66. The van der Waals surface area contributed by atoms with Crippen LogP contribution in [0.3, 0.4) is 0 Å². The quantitative estimate of drug-likeness (QED) is 0.870. The Labute approximate surface area is 144 Å². The summed E-state index contributed by atoms with van der Waals surface area (Å²) in [6.07, 6.45) is 0.0912. The summed E-state index contributed by atoms with van der Waals surface area (Å²) in [5.74, 6) is -1.39. The van der Waals surface area contributed by atoms with Gasteiger partial charge in [0.2, 0.25) is 0 Å². The van der Waals surface area contributed by atoms with E-state index in [4.69, 9.17) is 4.74 Å². The number of ether oxygens (including phenoxy) is 1. The average Bonchev–Trinajstić information content (AvgIpc) is 3.00. The Bertz CT molecular complexity index is 797. The normalized spacial score (nSPS) is 25.2. The Morgan fingerprint density at radius 2 is 2.12 bits per heavy atom. The Morgan fingerprint density at radius 1 is 1.38 bits per heavy atom. The van der Waals surface area contributed by atoms with E-state index >= 15 is 0 Å². The van der Waals surface area contributed by atoms with Crippen molar-refractivity contribution in [2.24, 2.45) is 5.41 Å². The van der Waals surface area contributed by atoms with Gasteiger partial charge < -0.3 is 15.2 Å². The zero-order chi connectivity index (χ0) is 17.5. The van der Waals surface area contributed by atoms with E-state index in [2.05, 4.69) is 5.32 Å². The van der Waals surface area contributed by atoms with E-state index in [1.54, 1.807) is 23.5 Å². The molecular weight excluding hydrogens is 326 g/mol. The first-order valence-electron chi connectivity index (χ1n) is 7.96. The first kappa shape index (κ1) is 16.9. The molecule has 1 aliphatic rings. The molecule has 1 fully saturated rings. The molecule has 1 aliphatic carbocycles. The number of carboxylic acids is 1. The standard InChI is InChI=1S/C18H21NO4S/c1-4-23-14-10-18(16(21)22,17(14,2)3)19-15(20)12-5-6-13-11(9-12)7-8-24-13/h5-9,14H,4,10H2,1-3H3,(H,19,20)(H,21,22)/t14-,18+/m1/s1. The van der Waals surface area contributed by atoms with Gasteiger partial charge in [-0.3, -0.25) is 4.79 Å². The molecule has 0 bridgehead atoms. The van der Waals surface area contributed by atoms with Crippen LogP contribution in [0.15, 0.2) is 29.6 Å². The summed E-state index contributed by atoms with van der Waals surface area (Å²) in [5, 5.41) is 15.5. The van der Waals surface area contributed by atoms with Crippen molar-refractivity contribution in [1.29, 1.82) is 0 Å². The van der Waals surface area contributed by atoms with Crippen molar-refractivity contribution < 1.29 is 19.4 Å². The summed E-state index contributed by atoms with van der Waals surface area (Å²) < 4.78 is 6.72. The van der Waals surface area contributed by atoms with Crippen LogP contribution >= 0.6 is 11.3 Å². The molecule has 1 aromatic heterocycles. The molecule has 1 saturated carbocycles. The third-order valence-electron chi connectivity index (χ3n) is 5.17. The number of rotatable bonds is 5. The first-order chi connectivity index (χ1) is 11.3. The van der Waals surface area contributed by atoms with E-state index < -0.39 is 16.9 Å². The van der Waals surface area contributed by atoms with Gasteiger partial charge in [0.1, 0.15) is 5.54 Å². The van der Waals surface area contributed by atoms with Crippen LogP contribution in [0, 0.1) is 5.41 Å². The Balaban J connectivity index is 1.86. The number of carbonyl (C=O) groups excluding carboxylic acids is 1. The second-order valence-corrected chi connectivity index (χ2v) is 7.66. The molecule has 24 heavy (non-hydrogen) atoms.